The van der Waals surface area contributed by atoms with Gasteiger partial charge >= 0.3 is 5.97 Å². The number of carbonyl (C=O) groups is 1. The van der Waals surface area contributed by atoms with Crippen LogP contribution in [0.25, 0.3) is 0 Å². The maximum Gasteiger partial charge on any atom is 0.323 e. The van der Waals surface area contributed by atoms with Gasteiger partial charge in [-0.15, -0.1) is 10.2 Å². The van der Waals surface area contributed by atoms with Crippen molar-refractivity contribution in [2.75, 3.05) is 19.4 Å². The minimum Gasteiger partial charge on any atom is -0.468 e. The monoisotopic (exact) mass is 258 g/mol. The van der Waals surface area contributed by atoms with E-state index in [2.05, 4.69) is 22.4 Å². The van der Waals surface area contributed by atoms with Crippen molar-refractivity contribution in [3.8, 4) is 0 Å². The molecule has 1 rings (SSSR count). The highest BCUT2D eigenvalue weighted by Crippen LogP contribution is 2.14. The normalized spacial score (nSPS) is 12.4. The summed E-state index contributed by atoms with van der Waals surface area (Å²) in [6.45, 7) is 2.84. The number of thioether (sulfide) groups is 1. The molecule has 1 aromatic heterocycles. The van der Waals surface area contributed by atoms with Crippen LogP contribution in [0.4, 0.5) is 0 Å². The topological polar surface area (TPSA) is 69.0 Å². The molecule has 0 aliphatic carbocycles. The molecule has 7 heteroatoms. The number of aromatic nitrogens is 3. The van der Waals surface area contributed by atoms with Crippen molar-refractivity contribution in [1.29, 1.82) is 0 Å². The summed E-state index contributed by atoms with van der Waals surface area (Å²) in [5, 5.41) is 11.7. The van der Waals surface area contributed by atoms with Crippen molar-refractivity contribution in [1.82, 2.24) is 20.1 Å². The summed E-state index contributed by atoms with van der Waals surface area (Å²) in [6, 6.07) is -0.304. The van der Waals surface area contributed by atoms with Crippen LogP contribution < -0.4 is 5.32 Å². The first-order chi connectivity index (χ1) is 8.19. The van der Waals surface area contributed by atoms with Crippen molar-refractivity contribution >= 4 is 17.7 Å². The van der Waals surface area contributed by atoms with Gasteiger partial charge in [0.05, 0.1) is 7.11 Å². The maximum atomic E-state index is 11.5. The lowest BCUT2D eigenvalue weighted by Gasteiger charge is -2.15. The van der Waals surface area contributed by atoms with Gasteiger partial charge in [0, 0.05) is 12.8 Å². The van der Waals surface area contributed by atoms with Crippen LogP contribution in [0, 0.1) is 0 Å². The lowest BCUT2D eigenvalue weighted by atomic mass is 10.3. The van der Waals surface area contributed by atoms with Crippen LogP contribution >= 0.6 is 11.8 Å². The summed E-state index contributed by atoms with van der Waals surface area (Å²) in [7, 11) is 3.27. The first kappa shape index (κ1) is 14.0. The minimum absolute atomic E-state index is 0.242. The first-order valence-electron chi connectivity index (χ1n) is 5.47. The SMILES string of the molecule is CCCNC(CSc1nncn1C)C(=O)OC. The average Bonchev–Trinajstić information content (AvgIpc) is 2.74. The third-order valence-electron chi connectivity index (χ3n) is 2.18. The molecule has 1 atom stereocenters. The molecule has 1 N–H and O–H groups in total. The molecule has 0 aliphatic heterocycles. The summed E-state index contributed by atoms with van der Waals surface area (Å²) in [4.78, 5) is 11.5. The number of methoxy groups -OCH3 is 1. The van der Waals surface area contributed by atoms with Crippen molar-refractivity contribution < 1.29 is 9.53 Å². The highest BCUT2D eigenvalue weighted by molar-refractivity contribution is 7.99. The van der Waals surface area contributed by atoms with Gasteiger partial charge < -0.3 is 14.6 Å². The maximum absolute atomic E-state index is 11.5. The quantitative estimate of drug-likeness (QED) is 0.565. The lowest BCUT2D eigenvalue weighted by molar-refractivity contribution is -0.142. The second-order valence-corrected chi connectivity index (χ2v) is 4.55. The number of ether oxygens (including phenoxy) is 1. The zero-order chi connectivity index (χ0) is 12.7. The highest BCUT2D eigenvalue weighted by atomic mass is 32.2. The van der Waals surface area contributed by atoms with Gasteiger partial charge in [-0.25, -0.2) is 0 Å². The van der Waals surface area contributed by atoms with Crippen molar-refractivity contribution in [3.63, 3.8) is 0 Å². The highest BCUT2D eigenvalue weighted by Gasteiger charge is 2.19. The standard InChI is InChI=1S/C10H18N4O2S/c1-4-5-11-8(9(15)16-3)6-17-10-13-12-7-14(10)2/h7-8,11H,4-6H2,1-3H3. The number of esters is 1. The third kappa shape index (κ3) is 4.35. The molecule has 96 valence electrons. The Balaban J connectivity index is 2.48. The zero-order valence-corrected chi connectivity index (χ0v) is 11.2. The Kier molecular flexibility index (Phi) is 5.99. The molecule has 1 unspecified atom stereocenters. The van der Waals surface area contributed by atoms with Gasteiger partial charge in [-0.05, 0) is 13.0 Å². The largest absolute Gasteiger partial charge is 0.468 e. The minimum atomic E-state index is -0.304. The Hall–Kier alpha value is -1.08. The Labute approximate surface area is 105 Å². The van der Waals surface area contributed by atoms with E-state index in [0.717, 1.165) is 18.1 Å². The van der Waals surface area contributed by atoms with E-state index in [1.54, 1.807) is 6.33 Å². The lowest BCUT2D eigenvalue weighted by Crippen LogP contribution is -2.40. The summed E-state index contributed by atoms with van der Waals surface area (Å²) in [5.74, 6) is 0.340. The number of rotatable bonds is 7. The fraction of sp³-hybridized carbons (Fsp3) is 0.700. The molecular formula is C10H18N4O2S. The Morgan fingerprint density at radius 2 is 2.47 bits per heavy atom. The molecule has 0 bridgehead atoms. The van der Waals surface area contributed by atoms with E-state index < -0.39 is 0 Å². The molecular weight excluding hydrogens is 240 g/mol. The average molecular weight is 258 g/mol. The Morgan fingerprint density at radius 3 is 3.00 bits per heavy atom. The van der Waals surface area contributed by atoms with Crippen LogP contribution in [0.15, 0.2) is 11.5 Å². The summed E-state index contributed by atoms with van der Waals surface area (Å²) in [5.41, 5.74) is 0. The molecule has 17 heavy (non-hydrogen) atoms. The fourth-order valence-corrected chi connectivity index (χ4v) is 2.16. The van der Waals surface area contributed by atoms with E-state index in [4.69, 9.17) is 4.74 Å². The number of aryl methyl sites for hydroxylation is 1. The van der Waals surface area contributed by atoms with Gasteiger partial charge in [0.1, 0.15) is 12.4 Å². The molecule has 0 fully saturated rings. The number of carbonyl (C=O) groups excluding carboxylic acids is 1. The molecule has 0 saturated carbocycles. The molecule has 1 aromatic rings. The summed E-state index contributed by atoms with van der Waals surface area (Å²) < 4.78 is 6.57. The van der Waals surface area contributed by atoms with Gasteiger partial charge in [-0.2, -0.15) is 0 Å². The van der Waals surface area contributed by atoms with Gasteiger partial charge in [-0.1, -0.05) is 18.7 Å². The number of nitrogens with zero attached hydrogens (tertiary/aromatic N) is 3. The van der Waals surface area contributed by atoms with Gasteiger partial charge in [-0.3, -0.25) is 4.79 Å². The molecule has 0 amide bonds. The molecule has 0 spiro atoms. The van der Waals surface area contributed by atoms with E-state index in [9.17, 15) is 4.79 Å². The van der Waals surface area contributed by atoms with E-state index in [0.29, 0.717) is 5.75 Å². The first-order valence-corrected chi connectivity index (χ1v) is 6.45. The van der Waals surface area contributed by atoms with Crippen LogP contribution in [0.3, 0.4) is 0 Å². The third-order valence-corrected chi connectivity index (χ3v) is 3.30. The van der Waals surface area contributed by atoms with Crippen LogP contribution in [0.5, 0.6) is 0 Å². The number of hydrogen-bond acceptors (Lipinski definition) is 6. The predicted octanol–water partition coefficient (Wildman–Crippen LogP) is 0.448. The van der Waals surface area contributed by atoms with Gasteiger partial charge in [0.25, 0.3) is 0 Å². The van der Waals surface area contributed by atoms with Gasteiger partial charge in [0.2, 0.25) is 0 Å². The van der Waals surface area contributed by atoms with Crippen LogP contribution in [0.2, 0.25) is 0 Å². The number of hydrogen-bond donors (Lipinski definition) is 1. The predicted molar refractivity (Wildman–Crippen MR) is 65.8 cm³/mol. The second kappa shape index (κ2) is 7.29. The van der Waals surface area contributed by atoms with E-state index in [-0.39, 0.29) is 12.0 Å². The van der Waals surface area contributed by atoms with Crippen LogP contribution in [-0.2, 0) is 16.6 Å². The second-order valence-electron chi connectivity index (χ2n) is 3.57. The number of nitrogens with one attached hydrogen (secondary N) is 1. The van der Waals surface area contributed by atoms with E-state index in [1.807, 2.05) is 11.6 Å². The molecule has 6 nitrogen and oxygen atoms in total. The molecule has 0 radical (unpaired) electrons. The van der Waals surface area contributed by atoms with E-state index in [1.165, 1.54) is 18.9 Å². The van der Waals surface area contributed by atoms with Gasteiger partial charge in [0.15, 0.2) is 5.16 Å². The molecule has 0 aromatic carbocycles. The Morgan fingerprint density at radius 1 is 1.71 bits per heavy atom. The van der Waals surface area contributed by atoms with Crippen molar-refractivity contribution in [2.45, 2.75) is 24.5 Å². The van der Waals surface area contributed by atoms with Crippen LogP contribution in [-0.4, -0.2) is 46.2 Å². The van der Waals surface area contributed by atoms with Crippen molar-refractivity contribution in [3.05, 3.63) is 6.33 Å². The smallest absolute Gasteiger partial charge is 0.323 e. The van der Waals surface area contributed by atoms with Crippen molar-refractivity contribution in [2.24, 2.45) is 7.05 Å². The molecule has 1 heterocycles. The summed E-state index contributed by atoms with van der Waals surface area (Å²) in [6.07, 6.45) is 2.61. The summed E-state index contributed by atoms with van der Waals surface area (Å²) >= 11 is 1.48. The molecule has 0 saturated heterocycles. The van der Waals surface area contributed by atoms with Crippen LogP contribution in [0.1, 0.15) is 13.3 Å². The fourth-order valence-electron chi connectivity index (χ4n) is 1.23. The zero-order valence-electron chi connectivity index (χ0n) is 10.3. The Bertz CT molecular complexity index is 356. The molecule has 0 aliphatic rings. The van der Waals surface area contributed by atoms with E-state index >= 15 is 0 Å².